The molecule has 0 unspecified atom stereocenters. The van der Waals surface area contributed by atoms with Crippen LogP contribution >= 0.6 is 0 Å². The van der Waals surface area contributed by atoms with Gasteiger partial charge >= 0.3 is 5.97 Å². The highest BCUT2D eigenvalue weighted by molar-refractivity contribution is 5.93. The van der Waals surface area contributed by atoms with Crippen LogP contribution < -0.4 is 5.56 Å². The zero-order valence-corrected chi connectivity index (χ0v) is 12.6. The molecule has 6 heteroatoms. The molecule has 1 saturated carbocycles. The Morgan fingerprint density at radius 2 is 2.09 bits per heavy atom. The Morgan fingerprint density at radius 3 is 2.82 bits per heavy atom. The predicted octanol–water partition coefficient (Wildman–Crippen LogP) is 2.16. The lowest BCUT2D eigenvalue weighted by Gasteiger charge is -2.21. The van der Waals surface area contributed by atoms with Crippen LogP contribution in [0.3, 0.4) is 0 Å². The minimum atomic E-state index is -0.471. The van der Waals surface area contributed by atoms with Crippen LogP contribution in [0.25, 0.3) is 10.9 Å². The number of hydrogen-bond acceptors (Lipinski definition) is 5. The first kappa shape index (κ1) is 14.7. The molecule has 0 bridgehead atoms. The van der Waals surface area contributed by atoms with Crippen LogP contribution in [0.15, 0.2) is 23.3 Å². The second kappa shape index (κ2) is 6.25. The van der Waals surface area contributed by atoms with E-state index >= 15 is 0 Å². The number of aromatic nitrogens is 3. The van der Waals surface area contributed by atoms with Crippen molar-refractivity contribution in [2.75, 3.05) is 7.11 Å². The molecular formula is C16H19N3O3. The lowest BCUT2D eigenvalue weighted by atomic mass is 9.89. The van der Waals surface area contributed by atoms with E-state index in [2.05, 4.69) is 14.8 Å². The van der Waals surface area contributed by atoms with Gasteiger partial charge in [0, 0.05) is 18.1 Å². The maximum atomic E-state index is 12.5. The van der Waals surface area contributed by atoms with Crippen LogP contribution in [0.4, 0.5) is 0 Å². The highest BCUT2D eigenvalue weighted by Gasteiger charge is 2.16. The van der Waals surface area contributed by atoms with E-state index in [9.17, 15) is 9.59 Å². The van der Waals surface area contributed by atoms with Crippen molar-refractivity contribution in [3.05, 3.63) is 34.4 Å². The standard InChI is InChI=1S/C16H19N3O3/c1-22-16(21)13-7-12-9-18-19(15(20)14(12)17-8-13)10-11-5-3-2-4-6-11/h7-9,11H,2-6,10H2,1H3. The molecule has 1 aliphatic rings. The lowest BCUT2D eigenvalue weighted by Crippen LogP contribution is -2.28. The first-order valence-corrected chi connectivity index (χ1v) is 7.63. The summed E-state index contributed by atoms with van der Waals surface area (Å²) in [5, 5.41) is 4.80. The summed E-state index contributed by atoms with van der Waals surface area (Å²) in [5.74, 6) is 0.0477. The maximum absolute atomic E-state index is 12.5. The smallest absolute Gasteiger partial charge is 0.339 e. The first-order valence-electron chi connectivity index (χ1n) is 7.63. The van der Waals surface area contributed by atoms with E-state index < -0.39 is 5.97 Å². The van der Waals surface area contributed by atoms with Gasteiger partial charge in [-0.1, -0.05) is 19.3 Å². The molecule has 0 N–H and O–H groups in total. The number of ether oxygens (including phenoxy) is 1. The summed E-state index contributed by atoms with van der Waals surface area (Å²) in [5.41, 5.74) is 0.471. The minimum absolute atomic E-state index is 0.195. The number of pyridine rings is 1. The van der Waals surface area contributed by atoms with Gasteiger partial charge < -0.3 is 4.74 Å². The summed E-state index contributed by atoms with van der Waals surface area (Å²) < 4.78 is 6.16. The fourth-order valence-electron chi connectivity index (χ4n) is 3.04. The van der Waals surface area contributed by atoms with Gasteiger partial charge in [0.2, 0.25) is 0 Å². The molecule has 6 nitrogen and oxygen atoms in total. The molecule has 0 atom stereocenters. The maximum Gasteiger partial charge on any atom is 0.339 e. The summed E-state index contributed by atoms with van der Waals surface area (Å²) in [6.07, 6.45) is 9.02. The molecule has 0 saturated heterocycles. The fourth-order valence-corrected chi connectivity index (χ4v) is 3.04. The van der Waals surface area contributed by atoms with E-state index in [1.165, 1.54) is 37.3 Å². The number of carbonyl (C=O) groups excluding carboxylic acids is 1. The second-order valence-electron chi connectivity index (χ2n) is 5.79. The zero-order chi connectivity index (χ0) is 15.5. The van der Waals surface area contributed by atoms with E-state index in [1.54, 1.807) is 12.3 Å². The van der Waals surface area contributed by atoms with Crippen molar-refractivity contribution in [3.63, 3.8) is 0 Å². The minimum Gasteiger partial charge on any atom is -0.465 e. The van der Waals surface area contributed by atoms with Crippen LogP contribution in [0.2, 0.25) is 0 Å². The third-order valence-electron chi connectivity index (χ3n) is 4.27. The van der Waals surface area contributed by atoms with Crippen LogP contribution in [0.5, 0.6) is 0 Å². The van der Waals surface area contributed by atoms with Crippen LogP contribution in [0, 0.1) is 5.92 Å². The topological polar surface area (TPSA) is 74.1 Å². The lowest BCUT2D eigenvalue weighted by molar-refractivity contribution is 0.0600. The Hall–Kier alpha value is -2.24. The molecular weight excluding hydrogens is 282 g/mol. The van der Waals surface area contributed by atoms with Crippen molar-refractivity contribution in [2.24, 2.45) is 5.92 Å². The number of hydrogen-bond donors (Lipinski definition) is 0. The number of carbonyl (C=O) groups is 1. The van der Waals surface area contributed by atoms with Crippen LogP contribution in [-0.4, -0.2) is 27.8 Å². The SMILES string of the molecule is COC(=O)c1cnc2c(=O)n(CC3CCCCC3)ncc2c1. The largest absolute Gasteiger partial charge is 0.465 e. The van der Waals surface area contributed by atoms with E-state index in [-0.39, 0.29) is 5.56 Å². The van der Waals surface area contributed by atoms with Gasteiger partial charge in [-0.3, -0.25) is 4.79 Å². The molecule has 0 amide bonds. The van der Waals surface area contributed by atoms with Gasteiger partial charge in [0.1, 0.15) is 5.52 Å². The number of methoxy groups -OCH3 is 1. The molecule has 2 heterocycles. The number of esters is 1. The van der Waals surface area contributed by atoms with Gasteiger partial charge in [-0.2, -0.15) is 5.10 Å². The molecule has 0 aromatic carbocycles. The highest BCUT2D eigenvalue weighted by Crippen LogP contribution is 2.24. The summed E-state index contributed by atoms with van der Waals surface area (Å²) in [7, 11) is 1.31. The Kier molecular flexibility index (Phi) is 4.18. The molecule has 0 aliphatic heterocycles. The van der Waals surface area contributed by atoms with E-state index in [0.717, 1.165) is 12.8 Å². The van der Waals surface area contributed by atoms with Crippen molar-refractivity contribution in [2.45, 2.75) is 38.6 Å². The molecule has 0 radical (unpaired) electrons. The van der Waals surface area contributed by atoms with Crippen molar-refractivity contribution in [3.8, 4) is 0 Å². The summed E-state index contributed by atoms with van der Waals surface area (Å²) in [6.45, 7) is 0.648. The van der Waals surface area contributed by atoms with Gasteiger partial charge in [0.05, 0.1) is 18.9 Å². The van der Waals surface area contributed by atoms with Crippen molar-refractivity contribution in [1.29, 1.82) is 0 Å². The zero-order valence-electron chi connectivity index (χ0n) is 12.6. The molecule has 116 valence electrons. The second-order valence-corrected chi connectivity index (χ2v) is 5.79. The van der Waals surface area contributed by atoms with Gasteiger partial charge in [0.15, 0.2) is 0 Å². The van der Waals surface area contributed by atoms with Crippen molar-refractivity contribution >= 4 is 16.9 Å². The Labute approximate surface area is 128 Å². The number of fused-ring (bicyclic) bond motifs is 1. The average Bonchev–Trinajstić information content (AvgIpc) is 2.57. The Balaban J connectivity index is 1.92. The van der Waals surface area contributed by atoms with Crippen molar-refractivity contribution < 1.29 is 9.53 Å². The van der Waals surface area contributed by atoms with Crippen LogP contribution in [-0.2, 0) is 11.3 Å². The van der Waals surface area contributed by atoms with E-state index in [4.69, 9.17) is 0 Å². The summed E-state index contributed by atoms with van der Waals surface area (Å²) in [6, 6.07) is 1.59. The fraction of sp³-hybridized carbons (Fsp3) is 0.500. The van der Waals surface area contributed by atoms with Crippen molar-refractivity contribution in [1.82, 2.24) is 14.8 Å². The van der Waals surface area contributed by atoms with Crippen LogP contribution in [0.1, 0.15) is 42.5 Å². The molecule has 3 rings (SSSR count). The molecule has 22 heavy (non-hydrogen) atoms. The third kappa shape index (κ3) is 2.86. The Bertz CT molecular complexity index is 748. The number of rotatable bonds is 3. The van der Waals surface area contributed by atoms with Gasteiger partial charge in [-0.05, 0) is 24.8 Å². The normalized spacial score (nSPS) is 15.9. The molecule has 1 fully saturated rings. The Morgan fingerprint density at radius 1 is 1.32 bits per heavy atom. The molecule has 2 aromatic rings. The molecule has 1 aliphatic carbocycles. The summed E-state index contributed by atoms with van der Waals surface area (Å²) in [4.78, 5) is 28.1. The summed E-state index contributed by atoms with van der Waals surface area (Å²) >= 11 is 0. The third-order valence-corrected chi connectivity index (χ3v) is 4.27. The van der Waals surface area contributed by atoms with Gasteiger partial charge in [-0.25, -0.2) is 14.5 Å². The number of nitrogens with zero attached hydrogens (tertiary/aromatic N) is 3. The predicted molar refractivity (Wildman–Crippen MR) is 81.7 cm³/mol. The van der Waals surface area contributed by atoms with Gasteiger partial charge in [-0.15, -0.1) is 0 Å². The quantitative estimate of drug-likeness (QED) is 0.812. The highest BCUT2D eigenvalue weighted by atomic mass is 16.5. The molecule has 0 spiro atoms. The van der Waals surface area contributed by atoms with Gasteiger partial charge in [0.25, 0.3) is 5.56 Å². The van der Waals surface area contributed by atoms with E-state index in [0.29, 0.717) is 28.9 Å². The monoisotopic (exact) mass is 301 g/mol. The first-order chi connectivity index (χ1) is 10.7. The molecule has 2 aromatic heterocycles. The average molecular weight is 301 g/mol. The van der Waals surface area contributed by atoms with E-state index in [1.807, 2.05) is 0 Å².